The minimum Gasteiger partial charge on any atom is -1.00 e. The topological polar surface area (TPSA) is 25.8 Å². The van der Waals surface area contributed by atoms with E-state index in [-0.39, 0.29) is 29.6 Å². The zero-order valence-corrected chi connectivity index (χ0v) is 13.8. The van der Waals surface area contributed by atoms with E-state index in [9.17, 15) is 0 Å². The summed E-state index contributed by atoms with van der Waals surface area (Å²) in [4.78, 5) is 0. The molecule has 0 spiro atoms. The first kappa shape index (κ1) is 17.6. The third kappa shape index (κ3) is 6.97. The summed E-state index contributed by atoms with van der Waals surface area (Å²) < 4.78 is 6.13. The van der Waals surface area contributed by atoms with Crippen molar-refractivity contribution in [1.29, 1.82) is 0 Å². The van der Waals surface area contributed by atoms with Gasteiger partial charge in [-0.3, -0.25) is 0 Å². The largest absolute Gasteiger partial charge is 1.00 e. The number of quaternary nitrogens is 1. The Morgan fingerprint density at radius 1 is 1.00 bits per heavy atom. The fraction of sp³-hybridized carbons (Fsp3) is 1.00. The van der Waals surface area contributed by atoms with Crippen LogP contribution < -0.4 is 29.3 Å². The van der Waals surface area contributed by atoms with Gasteiger partial charge in [0.15, 0.2) is 0 Å². The minimum absolute atomic E-state index is 0. The van der Waals surface area contributed by atoms with Gasteiger partial charge in [-0.25, -0.2) is 0 Å². The third-order valence-corrected chi connectivity index (χ3v) is 3.72. The summed E-state index contributed by atoms with van der Waals surface area (Å²) in [7, 11) is 0. The van der Waals surface area contributed by atoms with Crippen molar-refractivity contribution in [2.75, 3.05) is 19.7 Å². The summed E-state index contributed by atoms with van der Waals surface area (Å²) in [6.07, 6.45) is 10.6. The van der Waals surface area contributed by atoms with Crippen molar-refractivity contribution in [3.05, 3.63) is 0 Å². The maximum Gasteiger partial charge on any atom is 0.117 e. The van der Waals surface area contributed by atoms with Gasteiger partial charge in [-0.1, -0.05) is 52.4 Å². The predicted octanol–water partition coefficient (Wildman–Crippen LogP) is -0.517. The quantitative estimate of drug-likeness (QED) is 0.460. The molecule has 2 N–H and O–H groups in total. The molecule has 0 atom stereocenters. The van der Waals surface area contributed by atoms with Gasteiger partial charge < -0.3 is 34.0 Å². The molecule has 0 unspecified atom stereocenters. The number of unbranched alkanes of at least 4 members (excludes halogenated alkanes) is 4. The van der Waals surface area contributed by atoms with Crippen molar-refractivity contribution in [1.82, 2.24) is 0 Å². The van der Waals surface area contributed by atoms with Gasteiger partial charge in [0.05, 0.1) is 13.2 Å². The first-order chi connectivity index (χ1) is 7.83. The van der Waals surface area contributed by atoms with E-state index in [1.165, 1.54) is 57.9 Å². The molecule has 0 bridgehead atoms. The van der Waals surface area contributed by atoms with Crippen molar-refractivity contribution in [2.45, 2.75) is 70.8 Å². The fourth-order valence-electron chi connectivity index (χ4n) is 2.65. The molecule has 1 aliphatic rings. The molecule has 0 aromatic heterocycles. The van der Waals surface area contributed by atoms with Gasteiger partial charge in [0, 0.05) is 0 Å². The van der Waals surface area contributed by atoms with E-state index in [1.807, 2.05) is 0 Å². The number of rotatable bonds is 8. The summed E-state index contributed by atoms with van der Waals surface area (Å²) in [6.45, 7) is 7.86. The summed E-state index contributed by atoms with van der Waals surface area (Å²) in [5.41, 5.74) is 0.225. The Balaban J connectivity index is 0.00000256. The van der Waals surface area contributed by atoms with E-state index in [1.54, 1.807) is 0 Å². The molecule has 0 aromatic rings. The van der Waals surface area contributed by atoms with Gasteiger partial charge in [-0.05, 0) is 12.8 Å². The molecule has 0 aromatic carbocycles. The Morgan fingerprint density at radius 3 is 2.00 bits per heavy atom. The fourth-order valence-corrected chi connectivity index (χ4v) is 2.65. The Hall–Kier alpha value is 0.650. The van der Waals surface area contributed by atoms with Crippen LogP contribution in [0.25, 0.3) is 0 Å². The lowest BCUT2D eigenvalue weighted by Crippen LogP contribution is -3.00. The molecule has 3 heteroatoms. The van der Waals surface area contributed by atoms with Crippen LogP contribution in [0.1, 0.15) is 65.2 Å². The van der Waals surface area contributed by atoms with E-state index in [2.05, 4.69) is 19.2 Å². The van der Waals surface area contributed by atoms with Crippen LogP contribution >= 0.6 is 0 Å². The molecular weight excluding hydrogens is 325 g/mol. The van der Waals surface area contributed by atoms with Gasteiger partial charge in [0.2, 0.25) is 0 Å². The van der Waals surface area contributed by atoms with E-state index in [4.69, 9.17) is 4.74 Å². The molecule has 1 fully saturated rings. The van der Waals surface area contributed by atoms with Gasteiger partial charge in [-0.2, -0.15) is 0 Å². The molecule has 1 rings (SSSR count). The van der Waals surface area contributed by atoms with E-state index >= 15 is 0 Å². The molecule has 1 heterocycles. The second-order valence-corrected chi connectivity index (χ2v) is 5.23. The molecule has 104 valence electrons. The lowest BCUT2D eigenvalue weighted by molar-refractivity contribution is -0.686. The Morgan fingerprint density at radius 2 is 1.59 bits per heavy atom. The van der Waals surface area contributed by atoms with Crippen LogP contribution in [-0.4, -0.2) is 25.3 Å². The number of morpholine rings is 1. The SMILES string of the molecule is CCCCCC1(CCCCC)C[NH2+]CCO1.[I-]. The van der Waals surface area contributed by atoms with Crippen LogP contribution in [0.4, 0.5) is 0 Å². The Labute approximate surface area is 124 Å². The van der Waals surface area contributed by atoms with Crippen LogP contribution in [0, 0.1) is 0 Å². The van der Waals surface area contributed by atoms with Crippen LogP contribution in [-0.2, 0) is 4.74 Å². The van der Waals surface area contributed by atoms with Crippen molar-refractivity contribution in [3.63, 3.8) is 0 Å². The van der Waals surface area contributed by atoms with Crippen molar-refractivity contribution in [2.24, 2.45) is 0 Å². The standard InChI is InChI=1S/C14H29NO.HI/c1-3-5-7-9-14(10-8-6-4-2)13-15-11-12-16-14;/h15H,3-13H2,1-2H3;1H. The molecule has 0 radical (unpaired) electrons. The van der Waals surface area contributed by atoms with E-state index < -0.39 is 0 Å². The minimum atomic E-state index is 0. The Kier molecular flexibility index (Phi) is 11.0. The Bertz CT molecular complexity index is 158. The first-order valence-electron chi connectivity index (χ1n) is 7.28. The van der Waals surface area contributed by atoms with Crippen molar-refractivity contribution < 1.29 is 34.0 Å². The average molecular weight is 355 g/mol. The number of halogens is 1. The van der Waals surface area contributed by atoms with E-state index in [0.29, 0.717) is 0 Å². The van der Waals surface area contributed by atoms with Gasteiger partial charge in [0.25, 0.3) is 0 Å². The molecule has 1 aliphatic heterocycles. The normalized spacial score (nSPS) is 18.7. The lowest BCUT2D eigenvalue weighted by atomic mass is 9.89. The number of nitrogens with two attached hydrogens (primary N) is 1. The summed E-state index contributed by atoms with van der Waals surface area (Å²) in [5, 5.41) is 2.45. The summed E-state index contributed by atoms with van der Waals surface area (Å²) >= 11 is 0. The number of hydrogen-bond donors (Lipinski definition) is 1. The highest BCUT2D eigenvalue weighted by Crippen LogP contribution is 2.26. The number of hydrogen-bond acceptors (Lipinski definition) is 1. The monoisotopic (exact) mass is 355 g/mol. The first-order valence-corrected chi connectivity index (χ1v) is 7.28. The molecule has 17 heavy (non-hydrogen) atoms. The van der Waals surface area contributed by atoms with Gasteiger partial charge in [0.1, 0.15) is 12.1 Å². The lowest BCUT2D eigenvalue weighted by Gasteiger charge is -2.35. The maximum absolute atomic E-state index is 6.13. The van der Waals surface area contributed by atoms with Crippen LogP contribution in [0.5, 0.6) is 0 Å². The number of ether oxygens (including phenoxy) is 1. The van der Waals surface area contributed by atoms with Crippen molar-refractivity contribution in [3.8, 4) is 0 Å². The molecule has 1 saturated heterocycles. The second kappa shape index (κ2) is 10.6. The smallest absolute Gasteiger partial charge is 0.117 e. The molecular formula is C14H30INO. The van der Waals surface area contributed by atoms with Gasteiger partial charge in [-0.15, -0.1) is 0 Å². The highest BCUT2D eigenvalue weighted by atomic mass is 127. The van der Waals surface area contributed by atoms with Gasteiger partial charge >= 0.3 is 0 Å². The molecule has 0 aliphatic carbocycles. The summed E-state index contributed by atoms with van der Waals surface area (Å²) in [5.74, 6) is 0. The average Bonchev–Trinajstić information content (AvgIpc) is 2.31. The van der Waals surface area contributed by atoms with Crippen LogP contribution in [0.15, 0.2) is 0 Å². The van der Waals surface area contributed by atoms with Crippen LogP contribution in [0.2, 0.25) is 0 Å². The molecule has 0 amide bonds. The van der Waals surface area contributed by atoms with Crippen molar-refractivity contribution >= 4 is 0 Å². The maximum atomic E-state index is 6.13. The molecule has 2 nitrogen and oxygen atoms in total. The third-order valence-electron chi connectivity index (χ3n) is 3.72. The zero-order valence-electron chi connectivity index (χ0n) is 11.6. The highest BCUT2D eigenvalue weighted by molar-refractivity contribution is 4.81. The predicted molar refractivity (Wildman–Crippen MR) is 68.6 cm³/mol. The van der Waals surface area contributed by atoms with Crippen LogP contribution in [0.3, 0.4) is 0 Å². The summed E-state index contributed by atoms with van der Waals surface area (Å²) in [6, 6.07) is 0. The van der Waals surface area contributed by atoms with E-state index in [0.717, 1.165) is 13.2 Å². The highest BCUT2D eigenvalue weighted by Gasteiger charge is 2.34. The molecule has 0 saturated carbocycles. The zero-order chi connectivity index (χ0) is 11.7. The second-order valence-electron chi connectivity index (χ2n) is 5.23.